The van der Waals surface area contributed by atoms with Gasteiger partial charge in [0.25, 0.3) is 5.91 Å². The van der Waals surface area contributed by atoms with Crippen molar-refractivity contribution in [2.75, 3.05) is 5.32 Å². The highest BCUT2D eigenvalue weighted by molar-refractivity contribution is 6.49. The molecule has 0 aliphatic rings. The summed E-state index contributed by atoms with van der Waals surface area (Å²) in [6.07, 6.45) is 0. The predicted molar refractivity (Wildman–Crippen MR) is 90.5 cm³/mol. The molecule has 0 aliphatic heterocycles. The summed E-state index contributed by atoms with van der Waals surface area (Å²) in [5.74, 6) is -0.391. The van der Waals surface area contributed by atoms with Gasteiger partial charge in [-0.05, 0) is 62.1 Å². The topological polar surface area (TPSA) is 81.9 Å². The van der Waals surface area contributed by atoms with Crippen LogP contribution in [-0.4, -0.2) is 21.9 Å². The number of oxime groups is 1. The van der Waals surface area contributed by atoms with Gasteiger partial charge in [0, 0.05) is 11.3 Å². The molecule has 0 bridgehead atoms. The average molecular weight is 312 g/mol. The van der Waals surface area contributed by atoms with Gasteiger partial charge in [-0.3, -0.25) is 4.79 Å². The number of hydrogen-bond acceptors (Lipinski definition) is 4. The predicted octanol–water partition coefficient (Wildman–Crippen LogP) is 3.44. The summed E-state index contributed by atoms with van der Waals surface area (Å²) in [4.78, 5) is 12.6. The minimum atomic E-state index is -0.498. The van der Waals surface area contributed by atoms with E-state index in [9.17, 15) is 15.1 Å². The summed E-state index contributed by atoms with van der Waals surface area (Å²) in [6, 6.07) is 8.76. The van der Waals surface area contributed by atoms with Crippen LogP contribution in [0.3, 0.4) is 0 Å². The summed E-state index contributed by atoms with van der Waals surface area (Å²) < 4.78 is 0. The van der Waals surface area contributed by atoms with Gasteiger partial charge in [0.15, 0.2) is 5.71 Å². The van der Waals surface area contributed by atoms with Crippen LogP contribution < -0.4 is 5.32 Å². The van der Waals surface area contributed by atoms with Gasteiger partial charge in [-0.1, -0.05) is 23.4 Å². The van der Waals surface area contributed by atoms with Gasteiger partial charge < -0.3 is 15.6 Å². The van der Waals surface area contributed by atoms with Crippen LogP contribution in [0.1, 0.15) is 27.8 Å². The van der Waals surface area contributed by atoms with E-state index in [0.717, 1.165) is 11.1 Å². The third kappa shape index (κ3) is 3.34. The van der Waals surface area contributed by atoms with Gasteiger partial charge in [-0.2, -0.15) is 0 Å². The Kier molecular flexibility index (Phi) is 4.69. The first-order valence-electron chi connectivity index (χ1n) is 7.25. The Morgan fingerprint density at radius 3 is 2.00 bits per heavy atom. The molecular formula is C18H20N2O3. The van der Waals surface area contributed by atoms with Crippen molar-refractivity contribution in [1.29, 1.82) is 0 Å². The second-order valence-corrected chi connectivity index (χ2v) is 5.62. The van der Waals surface area contributed by atoms with Crippen LogP contribution in [0, 0.1) is 27.7 Å². The van der Waals surface area contributed by atoms with Crippen molar-refractivity contribution in [3.05, 3.63) is 58.1 Å². The van der Waals surface area contributed by atoms with Gasteiger partial charge in [0.1, 0.15) is 5.75 Å². The SMILES string of the molecule is Cc1cccc(C)c1NC(=O)/C(=N/O)c1c(C)cc(O)cc1C. The molecule has 5 nitrogen and oxygen atoms in total. The van der Waals surface area contributed by atoms with E-state index in [0.29, 0.717) is 22.4 Å². The highest BCUT2D eigenvalue weighted by Crippen LogP contribution is 2.23. The Morgan fingerprint density at radius 1 is 1.00 bits per heavy atom. The van der Waals surface area contributed by atoms with E-state index in [2.05, 4.69) is 10.5 Å². The molecule has 0 aliphatic carbocycles. The quantitative estimate of drug-likeness (QED) is 0.461. The Bertz CT molecular complexity index is 752. The van der Waals surface area contributed by atoms with Crippen molar-refractivity contribution in [1.82, 2.24) is 0 Å². The number of para-hydroxylation sites is 1. The number of anilines is 1. The van der Waals surface area contributed by atoms with Crippen molar-refractivity contribution in [3.63, 3.8) is 0 Å². The van der Waals surface area contributed by atoms with Crippen LogP contribution in [-0.2, 0) is 4.79 Å². The van der Waals surface area contributed by atoms with E-state index in [1.165, 1.54) is 12.1 Å². The summed E-state index contributed by atoms with van der Waals surface area (Å²) in [5, 5.41) is 25.0. The Hall–Kier alpha value is -2.82. The zero-order valence-electron chi connectivity index (χ0n) is 13.6. The van der Waals surface area contributed by atoms with Crippen molar-refractivity contribution < 1.29 is 15.1 Å². The van der Waals surface area contributed by atoms with Crippen LogP contribution in [0.15, 0.2) is 35.5 Å². The van der Waals surface area contributed by atoms with Crippen LogP contribution in [0.4, 0.5) is 5.69 Å². The zero-order chi connectivity index (χ0) is 17.1. The number of rotatable bonds is 3. The Labute approximate surface area is 135 Å². The van der Waals surface area contributed by atoms with Crippen LogP contribution in [0.2, 0.25) is 0 Å². The van der Waals surface area contributed by atoms with E-state index in [4.69, 9.17) is 0 Å². The molecular weight excluding hydrogens is 292 g/mol. The van der Waals surface area contributed by atoms with Crippen molar-refractivity contribution in [3.8, 4) is 5.75 Å². The smallest absolute Gasteiger partial charge is 0.278 e. The number of phenols is 1. The molecule has 1 amide bonds. The number of nitrogens with one attached hydrogen (secondary N) is 1. The Morgan fingerprint density at radius 2 is 1.52 bits per heavy atom. The third-order valence-electron chi connectivity index (χ3n) is 3.79. The number of carbonyl (C=O) groups is 1. The summed E-state index contributed by atoms with van der Waals surface area (Å²) >= 11 is 0. The number of aryl methyl sites for hydroxylation is 4. The molecule has 0 fully saturated rings. The highest BCUT2D eigenvalue weighted by atomic mass is 16.4. The molecule has 2 rings (SSSR count). The van der Waals surface area contributed by atoms with Gasteiger partial charge in [-0.15, -0.1) is 0 Å². The van der Waals surface area contributed by atoms with Crippen LogP contribution in [0.25, 0.3) is 0 Å². The number of carbonyl (C=O) groups excluding carboxylic acids is 1. The molecule has 0 unspecified atom stereocenters. The molecule has 2 aromatic rings. The van der Waals surface area contributed by atoms with E-state index in [1.54, 1.807) is 13.8 Å². The minimum Gasteiger partial charge on any atom is -0.508 e. The average Bonchev–Trinajstić information content (AvgIpc) is 2.46. The molecule has 2 aromatic carbocycles. The van der Waals surface area contributed by atoms with Gasteiger partial charge in [0.2, 0.25) is 0 Å². The first-order valence-corrected chi connectivity index (χ1v) is 7.25. The van der Waals surface area contributed by atoms with Crippen LogP contribution in [0.5, 0.6) is 5.75 Å². The van der Waals surface area contributed by atoms with Gasteiger partial charge in [0.05, 0.1) is 0 Å². The maximum absolute atomic E-state index is 12.6. The number of aromatic hydroxyl groups is 1. The summed E-state index contributed by atoms with van der Waals surface area (Å²) in [5.41, 5.74) is 4.30. The van der Waals surface area contributed by atoms with Crippen molar-refractivity contribution in [2.24, 2.45) is 5.16 Å². The molecule has 120 valence electrons. The molecule has 0 atom stereocenters. The van der Waals surface area contributed by atoms with Crippen molar-refractivity contribution in [2.45, 2.75) is 27.7 Å². The van der Waals surface area contributed by atoms with E-state index in [-0.39, 0.29) is 11.5 Å². The standard InChI is InChI=1S/C18H20N2O3/c1-10-6-5-7-11(2)16(10)19-18(22)17(20-23)15-12(3)8-14(21)9-13(15)4/h5-9,21,23H,1-4H3,(H,19,22)/b20-17+. The minimum absolute atomic E-state index is 0.0809. The van der Waals surface area contributed by atoms with Crippen LogP contribution >= 0.6 is 0 Å². The molecule has 0 heterocycles. The first kappa shape index (κ1) is 16.5. The fourth-order valence-electron chi connectivity index (χ4n) is 2.71. The molecule has 0 saturated heterocycles. The normalized spacial score (nSPS) is 11.4. The molecule has 0 saturated carbocycles. The lowest BCUT2D eigenvalue weighted by Gasteiger charge is -2.14. The van der Waals surface area contributed by atoms with E-state index < -0.39 is 5.91 Å². The molecule has 0 radical (unpaired) electrons. The lowest BCUT2D eigenvalue weighted by atomic mass is 9.97. The lowest BCUT2D eigenvalue weighted by Crippen LogP contribution is -2.26. The second kappa shape index (κ2) is 6.52. The number of nitrogens with zero attached hydrogens (tertiary/aromatic N) is 1. The molecule has 3 N–H and O–H groups in total. The largest absolute Gasteiger partial charge is 0.508 e. The highest BCUT2D eigenvalue weighted by Gasteiger charge is 2.21. The third-order valence-corrected chi connectivity index (χ3v) is 3.79. The molecule has 0 spiro atoms. The molecule has 0 aromatic heterocycles. The number of phenolic OH excluding ortho intramolecular Hbond substituents is 1. The molecule has 23 heavy (non-hydrogen) atoms. The maximum Gasteiger partial charge on any atom is 0.278 e. The summed E-state index contributed by atoms with van der Waals surface area (Å²) in [6.45, 7) is 7.30. The zero-order valence-corrected chi connectivity index (χ0v) is 13.6. The molecule has 5 heteroatoms. The fraction of sp³-hybridized carbons (Fsp3) is 0.222. The second-order valence-electron chi connectivity index (χ2n) is 5.62. The number of hydrogen-bond donors (Lipinski definition) is 3. The Balaban J connectivity index is 2.42. The lowest BCUT2D eigenvalue weighted by molar-refractivity contribution is -0.110. The van der Waals surface area contributed by atoms with Gasteiger partial charge >= 0.3 is 0 Å². The summed E-state index contributed by atoms with van der Waals surface area (Å²) in [7, 11) is 0. The number of benzene rings is 2. The monoisotopic (exact) mass is 312 g/mol. The first-order chi connectivity index (χ1) is 10.8. The van der Waals surface area contributed by atoms with Crippen molar-refractivity contribution >= 4 is 17.3 Å². The maximum atomic E-state index is 12.6. The fourth-order valence-corrected chi connectivity index (χ4v) is 2.71. The number of amides is 1. The van der Waals surface area contributed by atoms with Gasteiger partial charge in [-0.25, -0.2) is 0 Å². The van der Waals surface area contributed by atoms with E-state index in [1.807, 2.05) is 32.0 Å². The van der Waals surface area contributed by atoms with E-state index >= 15 is 0 Å².